The molecule has 2 saturated heterocycles. The maximum atomic E-state index is 14.1. The average Bonchev–Trinajstić information content (AvgIpc) is 3.81. The number of aryl methyl sites for hydroxylation is 1. The van der Waals surface area contributed by atoms with Crippen molar-refractivity contribution in [3.05, 3.63) is 52.1 Å². The van der Waals surface area contributed by atoms with Gasteiger partial charge in [-0.2, -0.15) is 0 Å². The van der Waals surface area contributed by atoms with E-state index < -0.39 is 77.4 Å². The molecule has 3 aliphatic rings. The van der Waals surface area contributed by atoms with Crippen LogP contribution >= 0.6 is 11.6 Å². The molecule has 3 aliphatic heterocycles. The average molecular weight is 759 g/mol. The van der Waals surface area contributed by atoms with Crippen LogP contribution in [0.1, 0.15) is 78.9 Å². The van der Waals surface area contributed by atoms with Gasteiger partial charge in [0.2, 0.25) is 17.7 Å². The van der Waals surface area contributed by atoms with E-state index in [1.807, 2.05) is 58.1 Å². The number of anilines is 1. The second-order valence-electron chi connectivity index (χ2n) is 15.1. The van der Waals surface area contributed by atoms with E-state index in [1.54, 1.807) is 27.8 Å². The Balaban J connectivity index is 1.71. The summed E-state index contributed by atoms with van der Waals surface area (Å²) >= 11 is 6.77. The highest BCUT2D eigenvalue weighted by Crippen LogP contribution is 2.49. The molecule has 4 bridgehead atoms. The van der Waals surface area contributed by atoms with Crippen LogP contribution in [0.4, 0.5) is 10.5 Å². The van der Waals surface area contributed by atoms with Crippen molar-refractivity contribution in [2.75, 3.05) is 26.0 Å². The summed E-state index contributed by atoms with van der Waals surface area (Å²) in [5.41, 5.74) is 0.377. The fraction of sp³-hybridized carbons (Fsp3) is 0.615. The third kappa shape index (κ3) is 8.90. The van der Waals surface area contributed by atoms with Crippen LogP contribution in [0.25, 0.3) is 0 Å². The highest BCUT2D eigenvalue weighted by molar-refractivity contribution is 6.34. The minimum atomic E-state index is -1.62. The maximum Gasteiger partial charge on any atom is 0.409 e. The molecular weight excluding hydrogens is 704 g/mol. The lowest BCUT2D eigenvalue weighted by Gasteiger charge is -2.41. The monoisotopic (exact) mass is 758 g/mol. The molecule has 9 atom stereocenters. The molecule has 3 heterocycles. The Morgan fingerprint density at radius 3 is 2.43 bits per heavy atom. The lowest BCUT2D eigenvalue weighted by Crippen LogP contribution is -2.60. The van der Waals surface area contributed by atoms with Gasteiger partial charge in [0.1, 0.15) is 35.6 Å². The van der Waals surface area contributed by atoms with E-state index in [0.29, 0.717) is 17.1 Å². The normalized spacial score (nSPS) is 31.8. The molecular formula is C39H55ClN4O9. The van der Waals surface area contributed by atoms with Crippen molar-refractivity contribution >= 4 is 47.1 Å². The Morgan fingerprint density at radius 1 is 1.13 bits per heavy atom. The number of rotatable bonds is 6. The van der Waals surface area contributed by atoms with Crippen LogP contribution in [0.3, 0.4) is 0 Å². The number of aliphatic hydroxyl groups is 1. The number of epoxide rings is 1. The van der Waals surface area contributed by atoms with Crippen LogP contribution in [-0.4, -0.2) is 108 Å². The predicted octanol–water partition coefficient (Wildman–Crippen LogP) is 4.69. The molecule has 0 spiro atoms. The van der Waals surface area contributed by atoms with E-state index in [1.165, 1.54) is 35.7 Å². The first-order chi connectivity index (χ1) is 24.6. The number of allylic oxidation sites excluding steroid dienone is 3. The molecule has 0 aliphatic carbocycles. The zero-order chi connectivity index (χ0) is 39.7. The molecule has 1 aromatic rings. The number of benzene rings is 1. The van der Waals surface area contributed by atoms with Gasteiger partial charge in [-0.1, -0.05) is 62.2 Å². The van der Waals surface area contributed by atoms with Crippen molar-refractivity contribution in [2.24, 2.45) is 11.8 Å². The topological polar surface area (TPSA) is 158 Å². The first-order valence-corrected chi connectivity index (χ1v) is 18.5. The largest absolute Gasteiger partial charge is 0.457 e. The first-order valence-electron chi connectivity index (χ1n) is 18.2. The van der Waals surface area contributed by atoms with Crippen LogP contribution in [-0.2, 0) is 39.8 Å². The van der Waals surface area contributed by atoms with E-state index in [2.05, 4.69) is 5.32 Å². The Labute approximate surface area is 317 Å². The number of likely N-dealkylation sites (N-methyl/N-ethyl adjacent to an activating group) is 2. The lowest BCUT2D eigenvalue weighted by atomic mass is 9.82. The van der Waals surface area contributed by atoms with Gasteiger partial charge in [-0.25, -0.2) is 9.59 Å². The minimum Gasteiger partial charge on any atom is -0.457 e. The number of carbonyl (C=O) groups is 5. The van der Waals surface area contributed by atoms with Crippen LogP contribution in [0.5, 0.6) is 0 Å². The van der Waals surface area contributed by atoms with E-state index in [9.17, 15) is 29.1 Å². The highest BCUT2D eigenvalue weighted by Gasteiger charge is 2.64. The number of hydrogen-bond donors (Lipinski definition) is 2. The fourth-order valence-corrected chi connectivity index (χ4v) is 7.30. The molecule has 0 aromatic heterocycles. The Kier molecular flexibility index (Phi) is 12.8. The van der Waals surface area contributed by atoms with Crippen LogP contribution in [0, 0.1) is 18.8 Å². The van der Waals surface area contributed by atoms with Gasteiger partial charge >= 0.3 is 12.1 Å². The highest BCUT2D eigenvalue weighted by atomic mass is 35.5. The summed E-state index contributed by atoms with van der Waals surface area (Å²) in [6.45, 7) is 14.0. The molecule has 0 saturated carbocycles. The first kappa shape index (κ1) is 41.8. The smallest absolute Gasteiger partial charge is 0.409 e. The number of esters is 1. The predicted molar refractivity (Wildman–Crippen MR) is 200 cm³/mol. The van der Waals surface area contributed by atoms with Crippen LogP contribution in [0.2, 0.25) is 5.02 Å². The summed E-state index contributed by atoms with van der Waals surface area (Å²) in [5, 5.41) is 14.7. The molecule has 4 amide bonds. The summed E-state index contributed by atoms with van der Waals surface area (Å²) < 4.78 is 18.0. The van der Waals surface area contributed by atoms with Gasteiger partial charge in [0.25, 0.3) is 0 Å². The molecule has 9 unspecified atom stereocenters. The van der Waals surface area contributed by atoms with Crippen molar-refractivity contribution in [3.8, 4) is 0 Å². The number of halogens is 1. The van der Waals surface area contributed by atoms with Gasteiger partial charge in [0, 0.05) is 45.8 Å². The summed E-state index contributed by atoms with van der Waals surface area (Å²) in [6.07, 6.45) is 2.80. The van der Waals surface area contributed by atoms with Gasteiger partial charge < -0.3 is 34.0 Å². The van der Waals surface area contributed by atoms with Gasteiger partial charge in [-0.05, 0) is 58.2 Å². The number of amides is 4. The molecule has 1 aromatic carbocycles. The van der Waals surface area contributed by atoms with Crippen LogP contribution < -0.4 is 10.2 Å². The van der Waals surface area contributed by atoms with Gasteiger partial charge in [-0.3, -0.25) is 19.7 Å². The Bertz CT molecular complexity index is 1680. The standard InChI is InChI=1S/C39H55ClN4O9/c1-12-31(45)42(9)25(6)35(47)43(10)26(7)36(48)52-30-19-32(46)44(11)28-18-27(17-22(3)33(28)40)16-21(2)14-13-15-23(4)39(50)20-29(51-37(49)41-39)24(5)34-38(30,8)53-34/h13-15,17-18,23-26,29-30,34,50H,12,16,19-20H2,1-11H3,(H,41,49)/b15-13+,21-14+. The number of hydrogen-bond acceptors (Lipinski definition) is 9. The Morgan fingerprint density at radius 2 is 1.79 bits per heavy atom. The summed E-state index contributed by atoms with van der Waals surface area (Å²) in [6, 6.07) is 1.90. The zero-order valence-electron chi connectivity index (χ0n) is 32.7. The number of ether oxygens (including phenoxy) is 3. The van der Waals surface area contributed by atoms with Crippen molar-refractivity contribution < 1.29 is 43.3 Å². The molecule has 2 N–H and O–H groups in total. The summed E-state index contributed by atoms with van der Waals surface area (Å²) in [4.78, 5) is 70.3. The third-order valence-corrected chi connectivity index (χ3v) is 11.7. The minimum absolute atomic E-state index is 0.0525. The second-order valence-corrected chi connectivity index (χ2v) is 15.5. The molecule has 292 valence electrons. The number of carbonyl (C=O) groups excluding carboxylic acids is 5. The van der Waals surface area contributed by atoms with Crippen LogP contribution in [0.15, 0.2) is 35.9 Å². The number of nitrogens with zero attached hydrogens (tertiary/aromatic N) is 3. The van der Waals surface area contributed by atoms with Gasteiger partial charge in [-0.15, -0.1) is 0 Å². The Hall–Kier alpha value is -3.94. The molecule has 53 heavy (non-hydrogen) atoms. The molecule has 13 nitrogen and oxygen atoms in total. The van der Waals surface area contributed by atoms with Crippen molar-refractivity contribution in [2.45, 2.75) is 123 Å². The molecule has 2 fully saturated rings. The van der Waals surface area contributed by atoms with Crippen molar-refractivity contribution in [1.29, 1.82) is 0 Å². The second kappa shape index (κ2) is 16.2. The van der Waals surface area contributed by atoms with Gasteiger partial charge in [0.05, 0.1) is 23.2 Å². The SMILES string of the molecule is CCC(=O)N(C)C(C)C(=O)N(C)C(C)C(=O)OC1CC(=O)N(C)c2cc(cc(C)c2Cl)C/C(C)=C/C=C/C(C)C2(O)CC(OC(=O)N2)C(C)C2OC12C. The number of nitrogens with one attached hydrogen (secondary N) is 1. The quantitative estimate of drug-likeness (QED) is 0.310. The maximum absolute atomic E-state index is 14.1. The van der Waals surface area contributed by atoms with E-state index >= 15 is 0 Å². The summed E-state index contributed by atoms with van der Waals surface area (Å²) in [7, 11) is 4.59. The van der Waals surface area contributed by atoms with E-state index in [4.69, 9.17) is 25.8 Å². The lowest BCUT2D eigenvalue weighted by molar-refractivity contribution is -0.163. The van der Waals surface area contributed by atoms with E-state index in [0.717, 1.165) is 16.7 Å². The number of fused-ring (bicyclic) bond motifs is 5. The van der Waals surface area contributed by atoms with Crippen molar-refractivity contribution in [1.82, 2.24) is 15.1 Å². The zero-order valence-corrected chi connectivity index (χ0v) is 33.4. The third-order valence-electron chi connectivity index (χ3n) is 11.3. The van der Waals surface area contributed by atoms with Crippen molar-refractivity contribution in [3.63, 3.8) is 0 Å². The summed E-state index contributed by atoms with van der Waals surface area (Å²) in [5.74, 6) is -2.85. The van der Waals surface area contributed by atoms with Gasteiger partial charge in [0.15, 0.2) is 0 Å². The number of alkyl carbamates (subject to hydrolysis) is 1. The molecule has 4 rings (SSSR count). The molecule has 14 heteroatoms. The fourth-order valence-electron chi connectivity index (χ4n) is 7.06. The van der Waals surface area contributed by atoms with E-state index in [-0.39, 0.29) is 25.2 Å². The molecule has 0 radical (unpaired) electrons.